The number of para-hydroxylation sites is 1. The van der Waals surface area contributed by atoms with Gasteiger partial charge in [-0.25, -0.2) is 0 Å². The van der Waals surface area contributed by atoms with Gasteiger partial charge in [-0.3, -0.25) is 0 Å². The van der Waals surface area contributed by atoms with Gasteiger partial charge >= 0.3 is 6.61 Å². The summed E-state index contributed by atoms with van der Waals surface area (Å²) in [6.45, 7) is -2.95. The highest BCUT2D eigenvalue weighted by Gasteiger charge is 2.17. The maximum atomic E-state index is 11.9. The van der Waals surface area contributed by atoms with Crippen LogP contribution in [0.2, 0.25) is 0 Å². The van der Waals surface area contributed by atoms with Crippen LogP contribution in [0.4, 0.5) is 20.2 Å². The Morgan fingerprint density at radius 2 is 2.14 bits per heavy atom. The first-order valence-corrected chi connectivity index (χ1v) is 3.76. The number of halogens is 2. The SMILES string of the molecule is C[N+](=O)c1cccc(OC(F)F)c1N. The van der Waals surface area contributed by atoms with Gasteiger partial charge in [-0.05, 0) is 6.07 Å². The van der Waals surface area contributed by atoms with Gasteiger partial charge in [0, 0.05) is 15.7 Å². The minimum Gasteiger partial charge on any atom is -0.432 e. The molecule has 4 nitrogen and oxygen atoms in total. The standard InChI is InChI=1S/C8H9F2N2O2/c1-12(13)5-3-2-4-6(7(5)11)14-8(9)10/h2-4,8H,11H2,1H3/q+1. The van der Waals surface area contributed by atoms with Gasteiger partial charge in [-0.2, -0.15) is 8.78 Å². The molecule has 0 heterocycles. The third-order valence-electron chi connectivity index (χ3n) is 1.60. The minimum absolute atomic E-state index is 0.0923. The Morgan fingerprint density at radius 3 is 2.64 bits per heavy atom. The highest BCUT2D eigenvalue weighted by Crippen LogP contribution is 2.31. The Balaban J connectivity index is 3.07. The monoisotopic (exact) mass is 203 g/mol. The van der Waals surface area contributed by atoms with E-state index in [9.17, 15) is 13.7 Å². The average Bonchev–Trinajstić information content (AvgIpc) is 2.07. The van der Waals surface area contributed by atoms with Crippen LogP contribution in [0.25, 0.3) is 0 Å². The first-order chi connectivity index (χ1) is 6.52. The number of hydrogen-bond donors (Lipinski definition) is 1. The second-order valence-electron chi connectivity index (χ2n) is 2.56. The Hall–Kier alpha value is -1.72. The molecular formula is C8H9F2N2O2+. The summed E-state index contributed by atoms with van der Waals surface area (Å²) in [6, 6.07) is 4.10. The summed E-state index contributed by atoms with van der Waals surface area (Å²) in [5.41, 5.74) is 5.44. The van der Waals surface area contributed by atoms with E-state index in [2.05, 4.69) is 4.74 Å². The predicted octanol–water partition coefficient (Wildman–Crippen LogP) is 1.91. The van der Waals surface area contributed by atoms with E-state index in [-0.39, 0.29) is 17.1 Å². The maximum absolute atomic E-state index is 11.9. The number of ether oxygens (including phenoxy) is 1. The van der Waals surface area contributed by atoms with E-state index in [1.165, 1.54) is 25.2 Å². The van der Waals surface area contributed by atoms with E-state index in [1.54, 1.807) is 0 Å². The van der Waals surface area contributed by atoms with Crippen LogP contribution in [0.1, 0.15) is 0 Å². The van der Waals surface area contributed by atoms with E-state index < -0.39 is 6.61 Å². The molecule has 0 aliphatic carbocycles. The first-order valence-electron chi connectivity index (χ1n) is 3.76. The van der Waals surface area contributed by atoms with Crippen molar-refractivity contribution in [3.8, 4) is 5.75 Å². The van der Waals surface area contributed by atoms with Crippen LogP contribution >= 0.6 is 0 Å². The normalized spacial score (nSPS) is 10.3. The Kier molecular flexibility index (Phi) is 2.95. The molecule has 0 saturated heterocycles. The smallest absolute Gasteiger partial charge is 0.387 e. The summed E-state index contributed by atoms with van der Waals surface area (Å²) in [4.78, 5) is 10.9. The molecule has 0 atom stereocenters. The molecule has 2 N–H and O–H groups in total. The van der Waals surface area contributed by atoms with E-state index in [0.717, 1.165) is 0 Å². The number of anilines is 1. The van der Waals surface area contributed by atoms with Crippen molar-refractivity contribution in [3.05, 3.63) is 23.1 Å². The van der Waals surface area contributed by atoms with Crippen molar-refractivity contribution in [1.29, 1.82) is 0 Å². The van der Waals surface area contributed by atoms with Crippen molar-refractivity contribution in [2.45, 2.75) is 6.61 Å². The molecule has 0 aromatic heterocycles. The molecule has 0 radical (unpaired) electrons. The molecule has 0 saturated carbocycles. The maximum Gasteiger partial charge on any atom is 0.387 e. The molecule has 0 aliphatic rings. The number of benzene rings is 1. The number of rotatable bonds is 3. The van der Waals surface area contributed by atoms with Crippen LogP contribution < -0.4 is 10.5 Å². The quantitative estimate of drug-likeness (QED) is 0.603. The van der Waals surface area contributed by atoms with Crippen molar-refractivity contribution in [2.24, 2.45) is 0 Å². The topological polar surface area (TPSA) is 55.3 Å². The number of alkyl halides is 2. The molecule has 0 bridgehead atoms. The van der Waals surface area contributed by atoms with E-state index in [4.69, 9.17) is 5.73 Å². The van der Waals surface area contributed by atoms with Gasteiger partial charge in [-0.15, -0.1) is 0 Å². The molecule has 0 aliphatic heterocycles. The molecule has 0 amide bonds. The number of nitrogens with two attached hydrogens (primary N) is 1. The highest BCUT2D eigenvalue weighted by atomic mass is 19.3. The lowest BCUT2D eigenvalue weighted by atomic mass is 10.2. The molecule has 1 aromatic carbocycles. The Bertz CT molecular complexity index is 355. The lowest BCUT2D eigenvalue weighted by molar-refractivity contribution is -0.427. The Morgan fingerprint density at radius 1 is 1.50 bits per heavy atom. The van der Waals surface area contributed by atoms with Gasteiger partial charge in [0.25, 0.3) is 5.69 Å². The zero-order valence-electron chi connectivity index (χ0n) is 7.41. The van der Waals surface area contributed by atoms with Crippen molar-refractivity contribution >= 4 is 11.4 Å². The van der Waals surface area contributed by atoms with Crippen LogP contribution in [0, 0.1) is 4.91 Å². The number of nitrogen functional groups attached to an aromatic ring is 1. The number of hydrogen-bond acceptors (Lipinski definition) is 3. The van der Waals surface area contributed by atoms with E-state index in [0.29, 0.717) is 4.76 Å². The molecule has 0 spiro atoms. The summed E-state index contributed by atoms with van der Waals surface area (Å²) in [5.74, 6) is -0.194. The fourth-order valence-electron chi connectivity index (χ4n) is 1.01. The largest absolute Gasteiger partial charge is 0.432 e. The zero-order chi connectivity index (χ0) is 10.7. The van der Waals surface area contributed by atoms with Gasteiger partial charge in [-0.1, -0.05) is 6.07 Å². The van der Waals surface area contributed by atoms with Crippen molar-refractivity contribution < 1.29 is 18.3 Å². The van der Waals surface area contributed by atoms with Crippen molar-refractivity contribution in [1.82, 2.24) is 0 Å². The molecule has 0 fully saturated rings. The number of nitrogens with zero attached hydrogens (tertiary/aromatic N) is 1. The summed E-state index contributed by atoms with van der Waals surface area (Å²) >= 11 is 0. The third-order valence-corrected chi connectivity index (χ3v) is 1.60. The molecule has 14 heavy (non-hydrogen) atoms. The summed E-state index contributed by atoms with van der Waals surface area (Å²) in [6.07, 6.45) is 0. The zero-order valence-corrected chi connectivity index (χ0v) is 7.41. The van der Waals surface area contributed by atoms with Gasteiger partial charge in [0.05, 0.1) is 0 Å². The van der Waals surface area contributed by atoms with Gasteiger partial charge in [0.1, 0.15) is 0 Å². The molecular weight excluding hydrogens is 194 g/mol. The summed E-state index contributed by atoms with van der Waals surface area (Å²) < 4.78 is 28.3. The molecule has 0 unspecified atom stereocenters. The fraction of sp³-hybridized carbons (Fsp3) is 0.250. The predicted molar refractivity (Wildman–Crippen MR) is 46.7 cm³/mol. The lowest BCUT2D eigenvalue weighted by Crippen LogP contribution is -2.06. The van der Waals surface area contributed by atoms with E-state index >= 15 is 0 Å². The number of nitroso groups, excluding NO2 is 1. The first kappa shape index (κ1) is 10.4. The molecule has 1 aromatic rings. The second-order valence-corrected chi connectivity index (χ2v) is 2.56. The molecule has 76 valence electrons. The third kappa shape index (κ3) is 2.15. The van der Waals surface area contributed by atoms with Crippen LogP contribution in [0.3, 0.4) is 0 Å². The van der Waals surface area contributed by atoms with Crippen LogP contribution in [0.5, 0.6) is 5.75 Å². The van der Waals surface area contributed by atoms with E-state index in [1.807, 2.05) is 0 Å². The van der Waals surface area contributed by atoms with Gasteiger partial charge in [0.15, 0.2) is 18.5 Å². The molecule has 1 rings (SSSR count). The average molecular weight is 203 g/mol. The summed E-state index contributed by atoms with van der Waals surface area (Å²) in [5, 5.41) is 0. The van der Waals surface area contributed by atoms with Crippen LogP contribution in [-0.4, -0.2) is 18.4 Å². The van der Waals surface area contributed by atoms with Crippen LogP contribution in [0.15, 0.2) is 18.2 Å². The van der Waals surface area contributed by atoms with Gasteiger partial charge in [0.2, 0.25) is 0 Å². The second kappa shape index (κ2) is 3.99. The molecule has 6 heteroatoms. The highest BCUT2D eigenvalue weighted by molar-refractivity contribution is 5.66. The fourth-order valence-corrected chi connectivity index (χ4v) is 1.01. The van der Waals surface area contributed by atoms with Gasteiger partial charge < -0.3 is 10.5 Å². The lowest BCUT2D eigenvalue weighted by Gasteiger charge is -2.06. The summed E-state index contributed by atoms with van der Waals surface area (Å²) in [7, 11) is 1.22. The van der Waals surface area contributed by atoms with Crippen LogP contribution in [-0.2, 0) is 0 Å². The van der Waals surface area contributed by atoms with Crippen molar-refractivity contribution in [2.75, 3.05) is 12.8 Å². The van der Waals surface area contributed by atoms with Crippen molar-refractivity contribution in [3.63, 3.8) is 0 Å². The Labute approximate surface area is 78.9 Å². The minimum atomic E-state index is -2.95.